The molecule has 2 rings (SSSR count). The van der Waals surface area contributed by atoms with Crippen molar-refractivity contribution in [1.82, 2.24) is 9.97 Å². The zero-order valence-corrected chi connectivity index (χ0v) is 10.8. The van der Waals surface area contributed by atoms with E-state index < -0.39 is 23.4 Å². The minimum atomic E-state index is -4.54. The summed E-state index contributed by atoms with van der Waals surface area (Å²) in [5, 5.41) is 9.05. The van der Waals surface area contributed by atoms with Gasteiger partial charge >= 0.3 is 12.1 Å². The van der Waals surface area contributed by atoms with Crippen molar-refractivity contribution >= 4 is 34.5 Å². The molecule has 5 nitrogen and oxygen atoms in total. The lowest BCUT2D eigenvalue weighted by atomic mass is 10.1. The third-order valence-corrected chi connectivity index (χ3v) is 3.41. The second-order valence-corrected chi connectivity index (χ2v) is 4.62. The van der Waals surface area contributed by atoms with Crippen molar-refractivity contribution in [2.24, 2.45) is 0 Å². The Morgan fingerprint density at radius 3 is 2.60 bits per heavy atom. The third kappa shape index (κ3) is 2.36. The highest BCUT2D eigenvalue weighted by molar-refractivity contribution is 7.99. The Balaban J connectivity index is 2.82. The van der Waals surface area contributed by atoms with Gasteiger partial charge in [0.15, 0.2) is 11.3 Å². The predicted octanol–water partition coefficient (Wildman–Crippen LogP) is 2.65. The lowest BCUT2D eigenvalue weighted by Crippen LogP contribution is -2.10. The number of hydrogen-bond donors (Lipinski definition) is 2. The maximum atomic E-state index is 12.7. The number of pyridine rings is 2. The number of nitrogen functional groups attached to an aromatic ring is 1. The van der Waals surface area contributed by atoms with Crippen LogP contribution in [0.2, 0.25) is 0 Å². The average Bonchev–Trinajstić information content (AvgIpc) is 2.36. The van der Waals surface area contributed by atoms with E-state index >= 15 is 0 Å². The molecule has 0 aromatic carbocycles. The van der Waals surface area contributed by atoms with Gasteiger partial charge in [-0.15, -0.1) is 11.8 Å². The van der Waals surface area contributed by atoms with Gasteiger partial charge in [-0.25, -0.2) is 14.8 Å². The highest BCUT2D eigenvalue weighted by Gasteiger charge is 2.32. The van der Waals surface area contributed by atoms with E-state index in [1.54, 1.807) is 6.26 Å². The van der Waals surface area contributed by atoms with Gasteiger partial charge in [-0.3, -0.25) is 0 Å². The van der Waals surface area contributed by atoms with Crippen molar-refractivity contribution in [3.63, 3.8) is 0 Å². The van der Waals surface area contributed by atoms with Crippen molar-refractivity contribution in [2.75, 3.05) is 12.0 Å². The van der Waals surface area contributed by atoms with Crippen molar-refractivity contribution in [1.29, 1.82) is 0 Å². The molecule has 20 heavy (non-hydrogen) atoms. The highest BCUT2D eigenvalue weighted by atomic mass is 32.2. The van der Waals surface area contributed by atoms with Gasteiger partial charge in [0.1, 0.15) is 0 Å². The van der Waals surface area contributed by atoms with Crippen LogP contribution in [-0.4, -0.2) is 27.3 Å². The number of rotatable bonds is 2. The molecule has 2 aromatic heterocycles. The molecule has 0 aliphatic carbocycles. The molecule has 0 aliphatic heterocycles. The molecule has 0 unspecified atom stereocenters. The maximum Gasteiger partial charge on any atom is 0.417 e. The molecule has 0 spiro atoms. The number of carboxylic acids is 1. The highest BCUT2D eigenvalue weighted by Crippen LogP contribution is 2.36. The topological polar surface area (TPSA) is 89.1 Å². The van der Waals surface area contributed by atoms with Crippen molar-refractivity contribution in [3.05, 3.63) is 23.5 Å². The van der Waals surface area contributed by atoms with Crippen LogP contribution in [0.15, 0.2) is 17.2 Å². The summed E-state index contributed by atoms with van der Waals surface area (Å²) < 4.78 is 38.0. The number of aromatic nitrogens is 2. The number of carbonyl (C=O) groups is 1. The summed E-state index contributed by atoms with van der Waals surface area (Å²) in [6.07, 6.45) is -2.35. The van der Waals surface area contributed by atoms with Crippen LogP contribution in [0.5, 0.6) is 0 Å². The summed E-state index contributed by atoms with van der Waals surface area (Å²) in [7, 11) is 0. The van der Waals surface area contributed by atoms with Gasteiger partial charge < -0.3 is 10.8 Å². The first-order valence-electron chi connectivity index (χ1n) is 5.19. The number of hydrogen-bond acceptors (Lipinski definition) is 5. The van der Waals surface area contributed by atoms with E-state index in [-0.39, 0.29) is 21.6 Å². The lowest BCUT2D eigenvalue weighted by molar-refractivity contribution is -0.137. The van der Waals surface area contributed by atoms with E-state index in [0.717, 1.165) is 17.8 Å². The van der Waals surface area contributed by atoms with Crippen LogP contribution in [0, 0.1) is 0 Å². The fourth-order valence-electron chi connectivity index (χ4n) is 1.67. The van der Waals surface area contributed by atoms with Crippen LogP contribution in [0.1, 0.15) is 16.1 Å². The number of aromatic carboxylic acids is 1. The van der Waals surface area contributed by atoms with E-state index in [0.29, 0.717) is 6.20 Å². The molecule has 3 N–H and O–H groups in total. The van der Waals surface area contributed by atoms with E-state index in [2.05, 4.69) is 9.97 Å². The third-order valence-electron chi connectivity index (χ3n) is 2.56. The van der Waals surface area contributed by atoms with Crippen LogP contribution in [0.25, 0.3) is 11.0 Å². The Bertz CT molecular complexity index is 703. The second-order valence-electron chi connectivity index (χ2n) is 3.81. The standard InChI is InChI=1S/C11H8F3N3O2S/c1-20-8-5-2-4(11(12,13)14)3-16-9(5)17-7(6(8)15)10(18)19/h2-3H,15H2,1H3,(H,18,19). The first-order chi connectivity index (χ1) is 9.25. The Morgan fingerprint density at radius 2 is 2.10 bits per heavy atom. The number of halogens is 3. The number of alkyl halides is 3. The normalized spacial score (nSPS) is 11.8. The predicted molar refractivity (Wildman–Crippen MR) is 67.7 cm³/mol. The Morgan fingerprint density at radius 1 is 1.45 bits per heavy atom. The molecule has 0 fully saturated rings. The molecule has 106 valence electrons. The van der Waals surface area contributed by atoms with Gasteiger partial charge in [0, 0.05) is 16.5 Å². The SMILES string of the molecule is CSc1c(N)c(C(=O)O)nc2ncc(C(F)(F)F)cc12. The molecular formula is C11H8F3N3O2S. The zero-order chi connectivity index (χ0) is 15.1. The molecule has 2 heterocycles. The van der Waals surface area contributed by atoms with Crippen molar-refractivity contribution < 1.29 is 23.1 Å². The molecule has 0 saturated heterocycles. The first kappa shape index (κ1) is 14.4. The lowest BCUT2D eigenvalue weighted by Gasteiger charge is -2.12. The number of fused-ring (bicyclic) bond motifs is 1. The molecule has 9 heteroatoms. The van der Waals surface area contributed by atoms with Crippen LogP contribution < -0.4 is 5.73 Å². The smallest absolute Gasteiger partial charge is 0.417 e. The molecular weight excluding hydrogens is 295 g/mol. The fourth-order valence-corrected chi connectivity index (χ4v) is 2.36. The maximum absolute atomic E-state index is 12.7. The molecule has 0 atom stereocenters. The average molecular weight is 303 g/mol. The number of nitrogens with two attached hydrogens (primary N) is 1. The number of anilines is 1. The molecule has 0 amide bonds. The van der Waals surface area contributed by atoms with Gasteiger partial charge in [0.2, 0.25) is 0 Å². The van der Waals surface area contributed by atoms with Crippen LogP contribution in [-0.2, 0) is 6.18 Å². The van der Waals surface area contributed by atoms with Gasteiger partial charge in [0.05, 0.1) is 11.3 Å². The van der Waals surface area contributed by atoms with E-state index in [1.807, 2.05) is 0 Å². The summed E-state index contributed by atoms with van der Waals surface area (Å²) in [6, 6.07) is 0.864. The minimum Gasteiger partial charge on any atom is -0.476 e. The van der Waals surface area contributed by atoms with Gasteiger partial charge in [-0.1, -0.05) is 0 Å². The molecule has 0 bridgehead atoms. The number of thioether (sulfide) groups is 1. The Hall–Kier alpha value is -2.03. The number of carboxylic acid groups (broad SMARTS) is 1. The number of nitrogens with zero attached hydrogens (tertiary/aromatic N) is 2. The fraction of sp³-hybridized carbons (Fsp3) is 0.182. The largest absolute Gasteiger partial charge is 0.476 e. The molecule has 0 saturated carbocycles. The summed E-state index contributed by atoms with van der Waals surface area (Å²) in [4.78, 5) is 18.5. The monoisotopic (exact) mass is 303 g/mol. The molecule has 0 aliphatic rings. The Kier molecular flexibility index (Phi) is 3.46. The summed E-state index contributed by atoms with van der Waals surface area (Å²) in [5.41, 5.74) is 4.03. The van der Waals surface area contributed by atoms with Crippen molar-refractivity contribution in [2.45, 2.75) is 11.1 Å². The summed E-state index contributed by atoms with van der Waals surface area (Å²) >= 11 is 1.04. The minimum absolute atomic E-state index is 0.0785. The van der Waals surface area contributed by atoms with Gasteiger partial charge in [0.25, 0.3) is 0 Å². The summed E-state index contributed by atoms with van der Waals surface area (Å²) in [6.45, 7) is 0. The quantitative estimate of drug-likeness (QED) is 0.829. The first-order valence-corrected chi connectivity index (χ1v) is 6.42. The van der Waals surface area contributed by atoms with E-state index in [9.17, 15) is 18.0 Å². The van der Waals surface area contributed by atoms with Gasteiger partial charge in [-0.05, 0) is 12.3 Å². The summed E-state index contributed by atoms with van der Waals surface area (Å²) in [5.74, 6) is -1.36. The second kappa shape index (κ2) is 4.82. The van der Waals surface area contributed by atoms with E-state index in [1.165, 1.54) is 0 Å². The van der Waals surface area contributed by atoms with E-state index in [4.69, 9.17) is 10.8 Å². The van der Waals surface area contributed by atoms with Gasteiger partial charge in [-0.2, -0.15) is 13.2 Å². The zero-order valence-electron chi connectivity index (χ0n) is 10.0. The molecule has 2 aromatic rings. The molecule has 0 radical (unpaired) electrons. The van der Waals surface area contributed by atoms with Crippen LogP contribution in [0.3, 0.4) is 0 Å². The van der Waals surface area contributed by atoms with Crippen LogP contribution >= 0.6 is 11.8 Å². The Labute approximate surface area is 115 Å². The van der Waals surface area contributed by atoms with Crippen LogP contribution in [0.4, 0.5) is 18.9 Å². The van der Waals surface area contributed by atoms with Crippen molar-refractivity contribution in [3.8, 4) is 0 Å².